The number of aromatic nitrogens is 1. The molecular weight excluding hydrogens is 498 g/mol. The number of carbonyl (C=O) groups excluding carboxylic acids is 1. The first kappa shape index (κ1) is 24.7. The molecule has 2 aromatic carbocycles. The maximum absolute atomic E-state index is 12.9. The van der Waals surface area contributed by atoms with E-state index in [0.717, 1.165) is 75.9 Å². The molecule has 6 rings (SSSR count). The van der Waals surface area contributed by atoms with Gasteiger partial charge in [0.25, 0.3) is 5.91 Å². The van der Waals surface area contributed by atoms with E-state index in [-0.39, 0.29) is 11.8 Å². The van der Waals surface area contributed by atoms with Crippen molar-refractivity contribution in [2.45, 2.75) is 39.7 Å². The van der Waals surface area contributed by atoms with E-state index in [2.05, 4.69) is 17.9 Å². The molecule has 196 valence electrons. The Labute approximate surface area is 226 Å². The molecule has 38 heavy (non-hydrogen) atoms. The van der Waals surface area contributed by atoms with E-state index in [1.54, 1.807) is 11.3 Å². The molecule has 1 aliphatic carbocycles. The number of anilines is 1. The molecule has 0 radical (unpaired) electrons. The van der Waals surface area contributed by atoms with Gasteiger partial charge in [-0.2, -0.15) is 0 Å². The second-order valence-electron chi connectivity index (χ2n) is 10.5. The van der Waals surface area contributed by atoms with Gasteiger partial charge in [-0.05, 0) is 74.1 Å². The molecule has 1 N–H and O–H groups in total. The fourth-order valence-electron chi connectivity index (χ4n) is 5.57. The molecule has 1 aromatic heterocycles. The van der Waals surface area contributed by atoms with Crippen molar-refractivity contribution in [3.63, 3.8) is 0 Å². The molecule has 0 saturated carbocycles. The fraction of sp³-hybridized carbons (Fsp3) is 0.367. The summed E-state index contributed by atoms with van der Waals surface area (Å²) in [6, 6.07) is 12.0. The van der Waals surface area contributed by atoms with Crippen LogP contribution in [0.3, 0.4) is 0 Å². The normalized spacial score (nSPS) is 18.5. The zero-order chi connectivity index (χ0) is 26.4. The summed E-state index contributed by atoms with van der Waals surface area (Å²) in [7, 11) is 0. The molecule has 0 spiro atoms. The average molecular weight is 530 g/mol. The monoisotopic (exact) mass is 529 g/mol. The molecule has 1 atom stereocenters. The van der Waals surface area contributed by atoms with E-state index in [9.17, 15) is 14.7 Å². The molecule has 2 saturated heterocycles. The number of ether oxygens (including phenoxy) is 1. The van der Waals surface area contributed by atoms with E-state index in [1.165, 1.54) is 6.42 Å². The Morgan fingerprint density at radius 3 is 2.63 bits per heavy atom. The summed E-state index contributed by atoms with van der Waals surface area (Å²) in [5.41, 5.74) is 7.37. The number of carbonyl (C=O) groups is 2. The number of likely N-dealkylation sites (tertiary alicyclic amines) is 1. The number of benzene rings is 2. The minimum Gasteiger partial charge on any atom is -0.488 e. The molecule has 2 aliphatic heterocycles. The molecule has 3 aliphatic rings. The first-order valence-electron chi connectivity index (χ1n) is 13.2. The lowest BCUT2D eigenvalue weighted by molar-refractivity contribution is -0.132. The highest BCUT2D eigenvalue weighted by Gasteiger charge is 2.48. The van der Waals surface area contributed by atoms with Gasteiger partial charge >= 0.3 is 5.97 Å². The van der Waals surface area contributed by atoms with Gasteiger partial charge in [-0.1, -0.05) is 17.7 Å². The van der Waals surface area contributed by atoms with Crippen molar-refractivity contribution >= 4 is 28.3 Å². The van der Waals surface area contributed by atoms with Gasteiger partial charge in [-0.3, -0.25) is 4.79 Å². The Bertz CT molecular complexity index is 1450. The molecule has 3 aromatic rings. The van der Waals surface area contributed by atoms with Gasteiger partial charge < -0.3 is 19.6 Å². The summed E-state index contributed by atoms with van der Waals surface area (Å²) in [6.45, 7) is 7.50. The maximum atomic E-state index is 12.9. The summed E-state index contributed by atoms with van der Waals surface area (Å²) in [5.74, 6) is 0.179. The van der Waals surface area contributed by atoms with Crippen LogP contribution in [0.4, 0.5) is 5.13 Å². The highest BCUT2D eigenvalue weighted by atomic mass is 32.1. The molecule has 1 unspecified atom stereocenters. The Hall–Kier alpha value is -3.65. The highest BCUT2D eigenvalue weighted by molar-refractivity contribution is 7.14. The zero-order valence-electron chi connectivity index (χ0n) is 21.7. The Morgan fingerprint density at radius 2 is 1.92 bits per heavy atom. The average Bonchev–Trinajstić information content (AvgIpc) is 3.23. The van der Waals surface area contributed by atoms with Gasteiger partial charge in [0.05, 0.1) is 5.69 Å². The lowest BCUT2D eigenvalue weighted by Gasteiger charge is -2.27. The molecular formula is C30H31N3O4S. The Morgan fingerprint density at radius 1 is 1.11 bits per heavy atom. The van der Waals surface area contributed by atoms with Crippen LogP contribution in [0.5, 0.6) is 5.75 Å². The SMILES string of the molecule is Cc1ccc(OCc2ccc(C(=O)N3CCCCC3)cc2C)c(-c2csc(N3CC4=C(C(=O)O)C4C3)n2)c1. The topological polar surface area (TPSA) is 83.0 Å². The van der Waals surface area contributed by atoms with Crippen LogP contribution < -0.4 is 9.64 Å². The summed E-state index contributed by atoms with van der Waals surface area (Å²) in [6.07, 6.45) is 3.36. The number of hydrogen-bond acceptors (Lipinski definition) is 6. The predicted octanol–water partition coefficient (Wildman–Crippen LogP) is 5.46. The number of fused-ring (bicyclic) bond motifs is 1. The predicted molar refractivity (Wildman–Crippen MR) is 148 cm³/mol. The van der Waals surface area contributed by atoms with Crippen LogP contribution in [-0.2, 0) is 11.4 Å². The van der Waals surface area contributed by atoms with Gasteiger partial charge in [-0.15, -0.1) is 11.3 Å². The van der Waals surface area contributed by atoms with Crippen molar-refractivity contribution in [2.24, 2.45) is 5.92 Å². The lowest BCUT2D eigenvalue weighted by atomic mass is 10.0. The van der Waals surface area contributed by atoms with Gasteiger partial charge in [0.15, 0.2) is 5.13 Å². The number of amides is 1. The van der Waals surface area contributed by atoms with E-state index in [0.29, 0.717) is 25.3 Å². The number of hydrogen-bond donors (Lipinski definition) is 1. The third kappa shape index (κ3) is 4.69. The molecule has 3 heterocycles. The minimum absolute atomic E-state index is 0.0856. The maximum Gasteiger partial charge on any atom is 0.332 e. The number of nitrogens with zero attached hydrogens (tertiary/aromatic N) is 3. The lowest BCUT2D eigenvalue weighted by Crippen LogP contribution is -2.35. The summed E-state index contributed by atoms with van der Waals surface area (Å²) < 4.78 is 6.31. The van der Waals surface area contributed by atoms with Crippen LogP contribution in [0.1, 0.15) is 46.3 Å². The number of aliphatic carboxylic acids is 1. The van der Waals surface area contributed by atoms with Crippen molar-refractivity contribution in [1.82, 2.24) is 9.88 Å². The smallest absolute Gasteiger partial charge is 0.332 e. The second-order valence-corrected chi connectivity index (χ2v) is 11.3. The van der Waals surface area contributed by atoms with E-state index in [4.69, 9.17) is 9.72 Å². The van der Waals surface area contributed by atoms with Crippen LogP contribution in [-0.4, -0.2) is 53.0 Å². The van der Waals surface area contributed by atoms with Crippen LogP contribution in [0.2, 0.25) is 0 Å². The van der Waals surface area contributed by atoms with Crippen molar-refractivity contribution < 1.29 is 19.4 Å². The quantitative estimate of drug-likeness (QED) is 0.438. The molecule has 1 amide bonds. The standard InChI is InChI=1S/C30H31N3O4S/c1-18-6-9-26(37-16-21-8-7-20(13-19(21)2)28(34)32-10-4-3-5-11-32)22(12-18)25-17-38-30(31-25)33-14-23-24(15-33)27(23)29(35)36/h6-9,12-13,17,23H,3-5,10-11,14-16H2,1-2H3,(H,35,36). The van der Waals surface area contributed by atoms with Gasteiger partial charge in [-0.25, -0.2) is 9.78 Å². The first-order chi connectivity index (χ1) is 18.4. The Balaban J connectivity index is 1.16. The number of rotatable bonds is 7. The molecule has 2 fully saturated rings. The van der Waals surface area contributed by atoms with E-state index < -0.39 is 5.97 Å². The third-order valence-electron chi connectivity index (χ3n) is 7.82. The Kier molecular flexibility index (Phi) is 6.43. The fourth-order valence-corrected chi connectivity index (χ4v) is 6.40. The third-order valence-corrected chi connectivity index (χ3v) is 8.72. The van der Waals surface area contributed by atoms with Crippen molar-refractivity contribution in [2.75, 3.05) is 31.1 Å². The van der Waals surface area contributed by atoms with Crippen LogP contribution in [0, 0.1) is 19.8 Å². The van der Waals surface area contributed by atoms with Crippen LogP contribution in [0.15, 0.2) is 52.9 Å². The molecule has 0 bridgehead atoms. The number of thiazole rings is 1. The first-order valence-corrected chi connectivity index (χ1v) is 14.1. The number of carboxylic acid groups (broad SMARTS) is 1. The number of piperidine rings is 1. The largest absolute Gasteiger partial charge is 0.488 e. The van der Waals surface area contributed by atoms with Crippen molar-refractivity contribution in [3.05, 3.63) is 75.2 Å². The van der Waals surface area contributed by atoms with E-state index >= 15 is 0 Å². The minimum atomic E-state index is -0.787. The van der Waals surface area contributed by atoms with Crippen LogP contribution in [0.25, 0.3) is 11.3 Å². The van der Waals surface area contributed by atoms with Crippen LogP contribution >= 0.6 is 11.3 Å². The molecule has 7 nitrogen and oxygen atoms in total. The molecule has 8 heteroatoms. The number of carboxylic acids is 1. The van der Waals surface area contributed by atoms with Gasteiger partial charge in [0, 0.05) is 54.2 Å². The number of aryl methyl sites for hydroxylation is 2. The second kappa shape index (κ2) is 9.91. The highest BCUT2D eigenvalue weighted by Crippen LogP contribution is 2.47. The van der Waals surface area contributed by atoms with Gasteiger partial charge in [0.1, 0.15) is 12.4 Å². The van der Waals surface area contributed by atoms with Crippen molar-refractivity contribution in [3.8, 4) is 17.0 Å². The summed E-state index contributed by atoms with van der Waals surface area (Å²) in [5, 5.41) is 12.2. The zero-order valence-corrected chi connectivity index (χ0v) is 22.5. The van der Waals surface area contributed by atoms with E-state index in [1.807, 2.05) is 47.5 Å². The van der Waals surface area contributed by atoms with Crippen molar-refractivity contribution in [1.29, 1.82) is 0 Å². The summed E-state index contributed by atoms with van der Waals surface area (Å²) in [4.78, 5) is 33.2. The summed E-state index contributed by atoms with van der Waals surface area (Å²) >= 11 is 1.57. The van der Waals surface area contributed by atoms with Gasteiger partial charge in [0.2, 0.25) is 0 Å².